The van der Waals surface area contributed by atoms with E-state index in [1.165, 1.54) is 0 Å². The van der Waals surface area contributed by atoms with Gasteiger partial charge < -0.3 is 9.84 Å². The van der Waals surface area contributed by atoms with Crippen molar-refractivity contribution in [2.75, 3.05) is 6.61 Å². The summed E-state index contributed by atoms with van der Waals surface area (Å²) < 4.78 is 29.8. The molecule has 0 bridgehead atoms. The number of aliphatic hydroxyl groups excluding tert-OH is 1. The van der Waals surface area contributed by atoms with Crippen LogP contribution in [-0.2, 0) is 9.53 Å². The van der Waals surface area contributed by atoms with Crippen LogP contribution in [0.1, 0.15) is 33.6 Å². The fraction of sp³-hybridized carbons (Fsp3) is 0.889. The second-order valence-electron chi connectivity index (χ2n) is 4.10. The molecule has 3 nitrogen and oxygen atoms in total. The number of carbonyl (C=O) groups is 1. The second-order valence-corrected chi connectivity index (χ2v) is 4.10. The molecule has 0 amide bonds. The Morgan fingerprint density at radius 2 is 1.86 bits per heavy atom. The molecule has 5 heteroatoms. The first-order valence-corrected chi connectivity index (χ1v) is 4.37. The summed E-state index contributed by atoms with van der Waals surface area (Å²) in [6.07, 6.45) is -1.07. The van der Waals surface area contributed by atoms with E-state index < -0.39 is 30.5 Å². The maximum atomic E-state index is 12.5. The van der Waals surface area contributed by atoms with E-state index in [1.807, 2.05) is 0 Å². The lowest BCUT2D eigenvalue weighted by molar-refractivity contribution is -0.157. The zero-order chi connectivity index (χ0) is 11.4. The van der Waals surface area contributed by atoms with Gasteiger partial charge in [0.25, 0.3) is 5.92 Å². The van der Waals surface area contributed by atoms with Crippen molar-refractivity contribution in [3.05, 3.63) is 0 Å². The van der Waals surface area contributed by atoms with E-state index in [-0.39, 0.29) is 6.42 Å². The Balaban J connectivity index is 3.87. The Morgan fingerprint density at radius 3 is 2.21 bits per heavy atom. The van der Waals surface area contributed by atoms with Gasteiger partial charge in [-0.15, -0.1) is 0 Å². The fourth-order valence-corrected chi connectivity index (χ4v) is 0.757. The Bertz CT molecular complexity index is 197. The first-order chi connectivity index (χ1) is 6.16. The number of hydrogen-bond donors (Lipinski definition) is 1. The van der Waals surface area contributed by atoms with E-state index in [0.717, 1.165) is 0 Å². The molecule has 0 atom stereocenters. The van der Waals surface area contributed by atoms with Crippen LogP contribution in [0.2, 0.25) is 0 Å². The highest BCUT2D eigenvalue weighted by atomic mass is 19.3. The average Bonchev–Trinajstić information content (AvgIpc) is 1.98. The van der Waals surface area contributed by atoms with Gasteiger partial charge in [-0.2, -0.15) is 0 Å². The van der Waals surface area contributed by atoms with E-state index in [1.54, 1.807) is 20.8 Å². The van der Waals surface area contributed by atoms with Gasteiger partial charge in [-0.1, -0.05) is 0 Å². The molecule has 0 aliphatic heterocycles. The summed E-state index contributed by atoms with van der Waals surface area (Å²) in [4.78, 5) is 11.0. The molecule has 0 heterocycles. The number of alkyl halides is 2. The molecule has 0 fully saturated rings. The monoisotopic (exact) mass is 210 g/mol. The van der Waals surface area contributed by atoms with Crippen LogP contribution in [0.5, 0.6) is 0 Å². The van der Waals surface area contributed by atoms with E-state index >= 15 is 0 Å². The Morgan fingerprint density at radius 1 is 1.36 bits per heavy atom. The predicted octanol–water partition coefficient (Wildman–Crippen LogP) is 1.74. The molecule has 0 aromatic rings. The second kappa shape index (κ2) is 4.68. The van der Waals surface area contributed by atoms with E-state index in [9.17, 15) is 13.6 Å². The van der Waals surface area contributed by atoms with Crippen molar-refractivity contribution in [1.82, 2.24) is 0 Å². The van der Waals surface area contributed by atoms with Gasteiger partial charge in [0.15, 0.2) is 0 Å². The summed E-state index contributed by atoms with van der Waals surface area (Å²) in [6, 6.07) is 0. The summed E-state index contributed by atoms with van der Waals surface area (Å²) in [6.45, 7) is 3.75. The van der Waals surface area contributed by atoms with Crippen LogP contribution < -0.4 is 0 Å². The van der Waals surface area contributed by atoms with Gasteiger partial charge in [-0.25, -0.2) is 8.78 Å². The molecule has 14 heavy (non-hydrogen) atoms. The van der Waals surface area contributed by atoms with Crippen LogP contribution in [0.4, 0.5) is 8.78 Å². The molecule has 0 saturated carbocycles. The number of hydrogen-bond acceptors (Lipinski definition) is 3. The molecule has 0 saturated heterocycles. The summed E-state index contributed by atoms with van der Waals surface area (Å²) in [7, 11) is 0. The zero-order valence-corrected chi connectivity index (χ0v) is 8.64. The van der Waals surface area contributed by atoms with Crippen LogP contribution >= 0.6 is 0 Å². The number of esters is 1. The van der Waals surface area contributed by atoms with Crippen LogP contribution in [0.25, 0.3) is 0 Å². The van der Waals surface area contributed by atoms with Crippen molar-refractivity contribution in [1.29, 1.82) is 0 Å². The van der Waals surface area contributed by atoms with Gasteiger partial charge in [0.1, 0.15) is 12.2 Å². The maximum absolute atomic E-state index is 12.5. The van der Waals surface area contributed by atoms with E-state index in [2.05, 4.69) is 0 Å². The van der Waals surface area contributed by atoms with Crippen molar-refractivity contribution < 1.29 is 23.4 Å². The third kappa shape index (κ3) is 6.77. The Hall–Kier alpha value is -0.710. The molecule has 0 aliphatic rings. The summed E-state index contributed by atoms with van der Waals surface area (Å²) in [5.41, 5.74) is -0.661. The highest BCUT2D eigenvalue weighted by molar-refractivity contribution is 5.69. The van der Waals surface area contributed by atoms with Crippen LogP contribution in [-0.4, -0.2) is 29.2 Å². The number of carbonyl (C=O) groups excluding carboxylic acids is 1. The standard InChI is InChI=1S/C9H16F2O3/c1-8(2,3)14-7(13)4-5-9(10,11)6-12/h12H,4-6H2,1-3H3. The largest absolute Gasteiger partial charge is 0.460 e. The topological polar surface area (TPSA) is 46.5 Å². The van der Waals surface area contributed by atoms with Crippen molar-refractivity contribution in [3.8, 4) is 0 Å². The molecule has 0 aromatic carbocycles. The van der Waals surface area contributed by atoms with Crippen molar-refractivity contribution in [3.63, 3.8) is 0 Å². The lowest BCUT2D eigenvalue weighted by Crippen LogP contribution is -2.27. The number of halogens is 2. The molecule has 0 unspecified atom stereocenters. The number of rotatable bonds is 4. The lowest BCUT2D eigenvalue weighted by atomic mass is 10.1. The van der Waals surface area contributed by atoms with Gasteiger partial charge in [-0.05, 0) is 20.8 Å². The summed E-state index contributed by atoms with van der Waals surface area (Å²) >= 11 is 0. The minimum absolute atomic E-state index is 0.384. The van der Waals surface area contributed by atoms with Gasteiger partial charge in [0.05, 0.1) is 6.42 Å². The van der Waals surface area contributed by atoms with Crippen molar-refractivity contribution in [2.45, 2.75) is 45.1 Å². The third-order valence-corrected chi connectivity index (χ3v) is 1.35. The molecule has 0 radical (unpaired) electrons. The smallest absolute Gasteiger partial charge is 0.306 e. The molecular weight excluding hydrogens is 194 g/mol. The highest BCUT2D eigenvalue weighted by Gasteiger charge is 2.29. The van der Waals surface area contributed by atoms with Gasteiger partial charge in [0, 0.05) is 6.42 Å². The molecule has 0 aromatic heterocycles. The first-order valence-electron chi connectivity index (χ1n) is 4.37. The molecular formula is C9H16F2O3. The minimum Gasteiger partial charge on any atom is -0.460 e. The van der Waals surface area contributed by atoms with Crippen LogP contribution in [0, 0.1) is 0 Å². The Labute approximate surface area is 82.1 Å². The summed E-state index contributed by atoms with van der Waals surface area (Å²) in [5.74, 6) is -3.87. The SMILES string of the molecule is CC(C)(C)OC(=O)CCC(F)(F)CO. The predicted molar refractivity (Wildman–Crippen MR) is 47.1 cm³/mol. The zero-order valence-electron chi connectivity index (χ0n) is 8.64. The van der Waals surface area contributed by atoms with Crippen LogP contribution in [0.3, 0.4) is 0 Å². The quantitative estimate of drug-likeness (QED) is 0.719. The minimum atomic E-state index is -3.20. The molecule has 0 aliphatic carbocycles. The Kier molecular flexibility index (Phi) is 4.45. The van der Waals surface area contributed by atoms with Gasteiger partial charge in [-0.3, -0.25) is 4.79 Å². The molecule has 0 spiro atoms. The van der Waals surface area contributed by atoms with Crippen molar-refractivity contribution >= 4 is 5.97 Å². The fourth-order valence-electron chi connectivity index (χ4n) is 0.757. The van der Waals surface area contributed by atoms with Gasteiger partial charge >= 0.3 is 5.97 Å². The first kappa shape index (κ1) is 13.3. The number of aliphatic hydroxyl groups is 1. The van der Waals surface area contributed by atoms with Gasteiger partial charge in [0.2, 0.25) is 0 Å². The molecule has 84 valence electrons. The lowest BCUT2D eigenvalue weighted by Gasteiger charge is -2.20. The molecule has 0 rings (SSSR count). The van der Waals surface area contributed by atoms with Crippen LogP contribution in [0.15, 0.2) is 0 Å². The van der Waals surface area contributed by atoms with E-state index in [0.29, 0.717) is 0 Å². The normalized spacial score (nSPS) is 12.7. The average molecular weight is 210 g/mol. The maximum Gasteiger partial charge on any atom is 0.306 e. The third-order valence-electron chi connectivity index (χ3n) is 1.35. The molecule has 1 N–H and O–H groups in total. The number of ether oxygens (including phenoxy) is 1. The summed E-state index contributed by atoms with van der Waals surface area (Å²) in [5, 5.41) is 8.24. The van der Waals surface area contributed by atoms with E-state index in [4.69, 9.17) is 9.84 Å². The van der Waals surface area contributed by atoms with Crippen molar-refractivity contribution in [2.24, 2.45) is 0 Å². The highest BCUT2D eigenvalue weighted by Crippen LogP contribution is 2.20.